The first-order chi connectivity index (χ1) is 10.3. The second kappa shape index (κ2) is 6.10. The smallest absolute Gasteiger partial charge is 0.169 e. The summed E-state index contributed by atoms with van der Waals surface area (Å²) in [6.07, 6.45) is 1.03. The highest BCUT2D eigenvalue weighted by Crippen LogP contribution is 2.25. The quantitative estimate of drug-likeness (QED) is 0.777. The molecule has 0 saturated carbocycles. The zero-order valence-electron chi connectivity index (χ0n) is 12.1. The fourth-order valence-electron chi connectivity index (χ4n) is 2.12. The number of ether oxygens (including phenoxy) is 1. The Morgan fingerprint density at radius 1 is 1.14 bits per heavy atom. The molecule has 5 heteroatoms. The SMILES string of the molecule is CCc1ccc(OCc2nc(NC)c3ccsc3n2)cc1. The van der Waals surface area contributed by atoms with E-state index in [0.29, 0.717) is 12.4 Å². The normalized spacial score (nSPS) is 10.8. The Kier molecular flexibility index (Phi) is 4.01. The van der Waals surface area contributed by atoms with Crippen LogP contribution in [-0.2, 0) is 13.0 Å². The third-order valence-corrected chi connectivity index (χ3v) is 4.11. The Morgan fingerprint density at radius 2 is 1.95 bits per heavy atom. The molecule has 1 aromatic carbocycles. The van der Waals surface area contributed by atoms with Crippen LogP contribution in [0.3, 0.4) is 0 Å². The molecule has 2 aromatic heterocycles. The van der Waals surface area contributed by atoms with Crippen LogP contribution in [0.2, 0.25) is 0 Å². The van der Waals surface area contributed by atoms with Gasteiger partial charge in [-0.3, -0.25) is 0 Å². The van der Waals surface area contributed by atoms with Gasteiger partial charge in [-0.05, 0) is 35.6 Å². The third kappa shape index (κ3) is 2.97. The molecule has 0 bridgehead atoms. The first-order valence-corrected chi connectivity index (χ1v) is 7.81. The number of nitrogens with one attached hydrogen (secondary N) is 1. The minimum absolute atomic E-state index is 0.369. The zero-order valence-corrected chi connectivity index (χ0v) is 12.9. The highest BCUT2D eigenvalue weighted by atomic mass is 32.1. The Bertz CT molecular complexity index is 737. The standard InChI is InChI=1S/C16H17N3OS/c1-3-11-4-6-12(7-5-11)20-10-14-18-15(17-2)13-8-9-21-16(13)19-14/h4-9H,3,10H2,1-2H3,(H,17,18,19). The molecule has 21 heavy (non-hydrogen) atoms. The third-order valence-electron chi connectivity index (χ3n) is 3.31. The van der Waals surface area contributed by atoms with Crippen molar-refractivity contribution >= 4 is 27.4 Å². The van der Waals surface area contributed by atoms with Gasteiger partial charge in [-0.25, -0.2) is 9.97 Å². The van der Waals surface area contributed by atoms with Crippen LogP contribution in [0.15, 0.2) is 35.7 Å². The second-order valence-corrected chi connectivity index (χ2v) is 5.56. The van der Waals surface area contributed by atoms with E-state index < -0.39 is 0 Å². The summed E-state index contributed by atoms with van der Waals surface area (Å²) in [4.78, 5) is 10.0. The highest BCUT2D eigenvalue weighted by Gasteiger charge is 2.08. The fourth-order valence-corrected chi connectivity index (χ4v) is 2.91. The summed E-state index contributed by atoms with van der Waals surface area (Å²) in [5.41, 5.74) is 1.30. The van der Waals surface area contributed by atoms with Crippen LogP contribution in [0, 0.1) is 0 Å². The minimum Gasteiger partial charge on any atom is -0.486 e. The topological polar surface area (TPSA) is 47.0 Å². The van der Waals surface area contributed by atoms with Crippen molar-refractivity contribution < 1.29 is 4.74 Å². The fraction of sp³-hybridized carbons (Fsp3) is 0.250. The van der Waals surface area contributed by atoms with Gasteiger partial charge in [0.25, 0.3) is 0 Å². The molecule has 0 radical (unpaired) electrons. The average Bonchev–Trinajstić information content (AvgIpc) is 3.01. The lowest BCUT2D eigenvalue weighted by atomic mass is 10.2. The van der Waals surface area contributed by atoms with Crippen molar-refractivity contribution in [2.75, 3.05) is 12.4 Å². The van der Waals surface area contributed by atoms with Crippen molar-refractivity contribution in [1.82, 2.24) is 9.97 Å². The first-order valence-electron chi connectivity index (χ1n) is 6.93. The summed E-state index contributed by atoms with van der Waals surface area (Å²) in [5.74, 6) is 2.38. The van der Waals surface area contributed by atoms with Gasteiger partial charge in [0.2, 0.25) is 0 Å². The summed E-state index contributed by atoms with van der Waals surface area (Å²) in [6.45, 7) is 2.51. The molecule has 4 nitrogen and oxygen atoms in total. The number of thiophene rings is 1. The number of fused-ring (bicyclic) bond motifs is 1. The van der Waals surface area contributed by atoms with Crippen molar-refractivity contribution in [1.29, 1.82) is 0 Å². The molecule has 0 aliphatic carbocycles. The molecular weight excluding hydrogens is 282 g/mol. The van der Waals surface area contributed by atoms with Gasteiger partial charge in [-0.15, -0.1) is 11.3 Å². The molecule has 2 heterocycles. The van der Waals surface area contributed by atoms with E-state index in [0.717, 1.165) is 28.2 Å². The molecule has 3 aromatic rings. The molecule has 108 valence electrons. The molecule has 0 unspecified atom stereocenters. The van der Waals surface area contributed by atoms with Crippen molar-refractivity contribution in [3.63, 3.8) is 0 Å². The molecule has 0 amide bonds. The second-order valence-electron chi connectivity index (χ2n) is 4.66. The van der Waals surface area contributed by atoms with Crippen molar-refractivity contribution in [3.8, 4) is 5.75 Å². The summed E-state index contributed by atoms with van der Waals surface area (Å²) >= 11 is 1.61. The molecule has 0 fully saturated rings. The highest BCUT2D eigenvalue weighted by molar-refractivity contribution is 7.16. The zero-order chi connectivity index (χ0) is 14.7. The van der Waals surface area contributed by atoms with Gasteiger partial charge < -0.3 is 10.1 Å². The number of aromatic nitrogens is 2. The summed E-state index contributed by atoms with van der Waals surface area (Å²) in [5, 5.41) is 6.19. The van der Waals surface area contributed by atoms with Crippen LogP contribution in [0.1, 0.15) is 18.3 Å². The van der Waals surface area contributed by atoms with E-state index in [1.165, 1.54) is 5.56 Å². The van der Waals surface area contributed by atoms with Crippen LogP contribution in [0.5, 0.6) is 5.75 Å². The van der Waals surface area contributed by atoms with Gasteiger partial charge in [-0.2, -0.15) is 0 Å². The first kappa shape index (κ1) is 13.8. The lowest BCUT2D eigenvalue weighted by Gasteiger charge is -2.08. The lowest BCUT2D eigenvalue weighted by Crippen LogP contribution is -2.04. The Morgan fingerprint density at radius 3 is 2.67 bits per heavy atom. The monoisotopic (exact) mass is 299 g/mol. The number of anilines is 1. The molecule has 0 saturated heterocycles. The maximum Gasteiger partial charge on any atom is 0.169 e. The Labute approximate surface area is 127 Å². The van der Waals surface area contributed by atoms with E-state index in [-0.39, 0.29) is 0 Å². The molecule has 0 atom stereocenters. The van der Waals surface area contributed by atoms with Gasteiger partial charge in [0.05, 0.1) is 5.39 Å². The van der Waals surface area contributed by atoms with E-state index in [1.807, 2.05) is 30.6 Å². The van der Waals surface area contributed by atoms with Crippen molar-refractivity contribution in [2.45, 2.75) is 20.0 Å². The van der Waals surface area contributed by atoms with E-state index in [9.17, 15) is 0 Å². The van der Waals surface area contributed by atoms with Crippen molar-refractivity contribution in [2.24, 2.45) is 0 Å². The van der Waals surface area contributed by atoms with Gasteiger partial charge >= 0.3 is 0 Å². The van der Waals surface area contributed by atoms with Crippen LogP contribution in [-0.4, -0.2) is 17.0 Å². The van der Waals surface area contributed by atoms with Crippen LogP contribution in [0.25, 0.3) is 10.2 Å². The molecular formula is C16H17N3OS. The lowest BCUT2D eigenvalue weighted by molar-refractivity contribution is 0.296. The molecule has 0 spiro atoms. The molecule has 1 N–H and O–H groups in total. The Hall–Kier alpha value is -2.14. The number of rotatable bonds is 5. The minimum atomic E-state index is 0.369. The molecule has 0 aliphatic rings. The number of benzene rings is 1. The van der Waals surface area contributed by atoms with Gasteiger partial charge in [0, 0.05) is 7.05 Å². The number of hydrogen-bond acceptors (Lipinski definition) is 5. The van der Waals surface area contributed by atoms with E-state index in [4.69, 9.17) is 4.74 Å². The van der Waals surface area contributed by atoms with Crippen LogP contribution >= 0.6 is 11.3 Å². The molecule has 0 aliphatic heterocycles. The number of hydrogen-bond donors (Lipinski definition) is 1. The largest absolute Gasteiger partial charge is 0.486 e. The van der Waals surface area contributed by atoms with Crippen LogP contribution in [0.4, 0.5) is 5.82 Å². The summed E-state index contributed by atoms with van der Waals surface area (Å²) < 4.78 is 5.77. The maximum absolute atomic E-state index is 5.77. The summed E-state index contributed by atoms with van der Waals surface area (Å²) in [7, 11) is 1.87. The average molecular weight is 299 g/mol. The number of aryl methyl sites for hydroxylation is 1. The van der Waals surface area contributed by atoms with Crippen molar-refractivity contribution in [3.05, 3.63) is 47.1 Å². The van der Waals surface area contributed by atoms with Gasteiger partial charge in [0.15, 0.2) is 5.82 Å². The maximum atomic E-state index is 5.77. The predicted octanol–water partition coefficient (Wildman–Crippen LogP) is 3.87. The van der Waals surface area contributed by atoms with E-state index in [1.54, 1.807) is 11.3 Å². The Balaban J connectivity index is 1.77. The molecule has 3 rings (SSSR count). The van der Waals surface area contributed by atoms with Gasteiger partial charge in [-0.1, -0.05) is 19.1 Å². The predicted molar refractivity (Wildman–Crippen MR) is 87.1 cm³/mol. The van der Waals surface area contributed by atoms with E-state index in [2.05, 4.69) is 34.3 Å². The summed E-state index contributed by atoms with van der Waals surface area (Å²) in [6, 6.07) is 10.2. The number of nitrogens with zero attached hydrogens (tertiary/aromatic N) is 2. The van der Waals surface area contributed by atoms with Gasteiger partial charge in [0.1, 0.15) is 23.0 Å². The van der Waals surface area contributed by atoms with E-state index >= 15 is 0 Å². The van der Waals surface area contributed by atoms with Crippen LogP contribution < -0.4 is 10.1 Å².